The Morgan fingerprint density at radius 2 is 0.256 bits per heavy atom. The Bertz CT molecular complexity index is 1050. The van der Waals surface area contributed by atoms with Gasteiger partial charge in [0.1, 0.15) is 12.3 Å². The minimum atomic E-state index is -2.69. The van der Waals surface area contributed by atoms with Gasteiger partial charge in [0.05, 0.1) is 26.4 Å². The smallest absolute Gasteiger partial charge is 0.193 e. The van der Waals surface area contributed by atoms with Crippen LogP contribution >= 0.6 is 15.9 Å². The standard InChI is InChI=1S/2C39H82O3P/c2*1-4-7-10-13-16-17-18-19-20-21-22-23-24-25-26-27-28-29-30-33-36-39-43(40,41-37-34-31-14-11-8-5-2)42-38-35-32-15-12-9-6-3/h2*40H,4-39H2,1-3H3/q2*+1. The maximum absolute atomic E-state index is 11.2. The van der Waals surface area contributed by atoms with Crippen LogP contribution in [0.15, 0.2) is 0 Å². The van der Waals surface area contributed by atoms with Gasteiger partial charge in [-0.25, -0.2) is 0 Å². The molecule has 0 aromatic heterocycles. The molecule has 0 heterocycles. The summed E-state index contributed by atoms with van der Waals surface area (Å²) in [5.74, 6) is 0. The van der Waals surface area contributed by atoms with Gasteiger partial charge >= 0.3 is 15.9 Å². The maximum atomic E-state index is 11.2. The van der Waals surface area contributed by atoms with Gasteiger partial charge in [0.15, 0.2) is 0 Å². The third kappa shape index (κ3) is 75.3. The van der Waals surface area contributed by atoms with E-state index < -0.39 is 15.9 Å². The lowest BCUT2D eigenvalue weighted by Crippen LogP contribution is -2.09. The van der Waals surface area contributed by atoms with E-state index in [1.54, 1.807) is 0 Å². The monoisotopic (exact) mass is 1260 g/mol. The summed E-state index contributed by atoms with van der Waals surface area (Å²) < 4.78 is 24.3. The molecule has 0 fully saturated rings. The Kier molecular flexibility index (Phi) is 80.5. The second kappa shape index (κ2) is 78.1. The fourth-order valence-electron chi connectivity index (χ4n) is 12.2. The zero-order valence-electron chi connectivity index (χ0n) is 60.3. The van der Waals surface area contributed by atoms with Crippen molar-refractivity contribution in [2.24, 2.45) is 0 Å². The maximum Gasteiger partial charge on any atom is 0.408 e. The molecule has 6 nitrogen and oxygen atoms in total. The zero-order valence-corrected chi connectivity index (χ0v) is 62.1. The molecule has 0 saturated heterocycles. The van der Waals surface area contributed by atoms with Crippen LogP contribution in [0.3, 0.4) is 0 Å². The van der Waals surface area contributed by atoms with E-state index in [1.807, 2.05) is 0 Å². The van der Waals surface area contributed by atoms with E-state index >= 15 is 0 Å². The lowest BCUT2D eigenvalue weighted by molar-refractivity contribution is 0.168. The van der Waals surface area contributed by atoms with Crippen molar-refractivity contribution in [3.8, 4) is 0 Å². The SMILES string of the molecule is CCCCCCCCCCCCCCCCCCCCCCC[P+](O)(OCCCCCCCC)OCCCCCCCC.CCCCCCCCCCCCCCCCCCCCCCC[P+](O)(OCCCCCCCC)OCCCCCCCC. The summed E-state index contributed by atoms with van der Waals surface area (Å²) in [6.45, 7) is 16.3. The number of hydrogen-bond acceptors (Lipinski definition) is 6. The summed E-state index contributed by atoms with van der Waals surface area (Å²) in [7, 11) is -5.37. The lowest BCUT2D eigenvalue weighted by atomic mass is 10.0. The van der Waals surface area contributed by atoms with Crippen molar-refractivity contribution in [3.63, 3.8) is 0 Å². The van der Waals surface area contributed by atoms with E-state index in [0.29, 0.717) is 26.4 Å². The van der Waals surface area contributed by atoms with Crippen LogP contribution in [0.2, 0.25) is 0 Å². The molecule has 0 spiro atoms. The molecule has 2 N–H and O–H groups in total. The zero-order chi connectivity index (χ0) is 62.7. The highest BCUT2D eigenvalue weighted by atomic mass is 31.2. The summed E-state index contributed by atoms with van der Waals surface area (Å²) in [5.41, 5.74) is 0. The molecule has 0 aliphatic carbocycles. The summed E-state index contributed by atoms with van der Waals surface area (Å²) in [6, 6.07) is 0. The predicted molar refractivity (Wildman–Crippen MR) is 391 cm³/mol. The molecule has 0 radical (unpaired) electrons. The van der Waals surface area contributed by atoms with Gasteiger partial charge in [-0.1, -0.05) is 414 Å². The third-order valence-corrected chi connectivity index (χ3v) is 22.4. The molecule has 0 amide bonds. The number of hydrogen-bond donors (Lipinski definition) is 2. The summed E-state index contributed by atoms with van der Waals surface area (Å²) >= 11 is 0. The molecule has 0 rings (SSSR count). The van der Waals surface area contributed by atoms with Crippen molar-refractivity contribution in [1.29, 1.82) is 0 Å². The van der Waals surface area contributed by atoms with Crippen LogP contribution in [-0.2, 0) is 18.1 Å². The molecule has 8 heteroatoms. The fourth-order valence-corrected chi connectivity index (χ4v) is 15.7. The second-order valence-electron chi connectivity index (χ2n) is 27.3. The molecule has 86 heavy (non-hydrogen) atoms. The Hall–Kier alpha value is 0.620. The molecule has 0 atom stereocenters. The van der Waals surface area contributed by atoms with E-state index in [-0.39, 0.29) is 0 Å². The van der Waals surface area contributed by atoms with Crippen LogP contribution in [0.25, 0.3) is 0 Å². The Morgan fingerprint density at radius 1 is 0.151 bits per heavy atom. The highest BCUT2D eigenvalue weighted by Crippen LogP contribution is 2.59. The molecule has 0 aliphatic heterocycles. The molecular weight excluding hydrogens is 1090 g/mol. The number of unbranched alkanes of at least 4 members (excludes halogenated alkanes) is 60. The van der Waals surface area contributed by atoms with Crippen molar-refractivity contribution >= 4 is 15.9 Å². The average Bonchev–Trinajstić information content (AvgIpc) is 3.72. The minimum Gasteiger partial charge on any atom is -0.193 e. The predicted octanol–water partition coefficient (Wildman–Crippen LogP) is 29.4. The Morgan fingerprint density at radius 3 is 0.384 bits per heavy atom. The van der Waals surface area contributed by atoms with Crippen LogP contribution < -0.4 is 0 Å². The molecular formula is C78H164O6P2+2. The van der Waals surface area contributed by atoms with Gasteiger partial charge in [-0.05, 0) is 51.4 Å². The molecule has 520 valence electrons. The molecule has 0 aromatic carbocycles. The summed E-state index contributed by atoms with van der Waals surface area (Å²) in [6.07, 6.45) is 90.0. The normalized spacial score (nSPS) is 12.0. The van der Waals surface area contributed by atoms with Crippen molar-refractivity contribution in [2.75, 3.05) is 38.8 Å². The lowest BCUT2D eigenvalue weighted by Gasteiger charge is -2.17. The van der Waals surface area contributed by atoms with Crippen molar-refractivity contribution in [1.82, 2.24) is 0 Å². The van der Waals surface area contributed by atoms with E-state index in [4.69, 9.17) is 18.1 Å². The van der Waals surface area contributed by atoms with Crippen LogP contribution in [0.5, 0.6) is 0 Å². The largest absolute Gasteiger partial charge is 0.408 e. The van der Waals surface area contributed by atoms with E-state index in [1.165, 1.54) is 385 Å². The first-order chi connectivity index (χ1) is 42.4. The first kappa shape index (κ1) is 88.7. The topological polar surface area (TPSA) is 77.4 Å². The first-order valence-corrected chi connectivity index (χ1v) is 43.7. The van der Waals surface area contributed by atoms with Crippen LogP contribution in [0.4, 0.5) is 0 Å². The van der Waals surface area contributed by atoms with Crippen LogP contribution in [-0.4, -0.2) is 48.5 Å². The summed E-state index contributed by atoms with van der Waals surface area (Å²) in [4.78, 5) is 22.4. The van der Waals surface area contributed by atoms with E-state index in [2.05, 4.69) is 41.5 Å². The highest BCUT2D eigenvalue weighted by Gasteiger charge is 2.40. The molecule has 0 aromatic rings. The first-order valence-electron chi connectivity index (χ1n) is 40.2. The van der Waals surface area contributed by atoms with Crippen LogP contribution in [0.1, 0.15) is 465 Å². The minimum absolute atomic E-state index is 0.659. The van der Waals surface area contributed by atoms with Crippen molar-refractivity contribution in [3.05, 3.63) is 0 Å². The van der Waals surface area contributed by atoms with Crippen LogP contribution in [0, 0.1) is 0 Å². The van der Waals surface area contributed by atoms with Gasteiger partial charge < -0.3 is 0 Å². The van der Waals surface area contributed by atoms with Gasteiger partial charge in [-0.3, -0.25) is 0 Å². The van der Waals surface area contributed by atoms with Gasteiger partial charge in [-0.2, -0.15) is 27.9 Å². The fraction of sp³-hybridized carbons (Fsp3) is 1.00. The molecule has 0 unspecified atom stereocenters. The third-order valence-electron chi connectivity index (χ3n) is 18.3. The van der Waals surface area contributed by atoms with E-state index in [0.717, 1.165) is 50.8 Å². The Balaban J connectivity index is 0. The van der Waals surface area contributed by atoms with Gasteiger partial charge in [0.25, 0.3) is 0 Å². The average molecular weight is 1260 g/mol. The van der Waals surface area contributed by atoms with Gasteiger partial charge in [-0.15, -0.1) is 0 Å². The second-order valence-corrected chi connectivity index (χ2v) is 31.7. The highest BCUT2D eigenvalue weighted by molar-refractivity contribution is 7.60. The van der Waals surface area contributed by atoms with E-state index in [9.17, 15) is 9.79 Å². The molecule has 0 aliphatic rings. The number of rotatable bonds is 76. The quantitative estimate of drug-likeness (QED) is 0.0467. The summed E-state index contributed by atoms with van der Waals surface area (Å²) in [5, 5.41) is 0. The van der Waals surface area contributed by atoms with Gasteiger partial charge in [0, 0.05) is 0 Å². The molecule has 0 bridgehead atoms. The molecule has 0 saturated carbocycles. The van der Waals surface area contributed by atoms with Crippen molar-refractivity contribution in [2.45, 2.75) is 465 Å². The van der Waals surface area contributed by atoms with Gasteiger partial charge in [0.2, 0.25) is 0 Å². The Labute approximate surface area is 545 Å². The van der Waals surface area contributed by atoms with Crippen molar-refractivity contribution < 1.29 is 27.9 Å².